The average Bonchev–Trinajstić information content (AvgIpc) is 3.44. The Labute approximate surface area is 156 Å². The van der Waals surface area contributed by atoms with E-state index in [0.29, 0.717) is 30.2 Å². The van der Waals surface area contributed by atoms with Crippen LogP contribution >= 0.6 is 0 Å². The Bertz CT molecular complexity index is 1020. The lowest BCUT2D eigenvalue weighted by Gasteiger charge is -2.15. The Hall–Kier alpha value is -3.15. The minimum atomic E-state index is -0.0866. The van der Waals surface area contributed by atoms with Gasteiger partial charge in [-0.1, -0.05) is 18.2 Å². The van der Waals surface area contributed by atoms with Crippen molar-refractivity contribution in [1.29, 1.82) is 0 Å². The number of hydrogen-bond acceptors (Lipinski definition) is 5. The lowest BCUT2D eigenvalue weighted by atomic mass is 9.98. The molecule has 2 aromatic carbocycles. The SMILES string of the molecule is COc1cccc2cc(C(=O)N3CCC(c4ccc5c(c4)OCO5)C3)oc12. The van der Waals surface area contributed by atoms with Crippen molar-refractivity contribution in [3.63, 3.8) is 0 Å². The quantitative estimate of drug-likeness (QED) is 0.707. The number of benzene rings is 2. The molecule has 5 rings (SSSR count). The largest absolute Gasteiger partial charge is 0.493 e. The summed E-state index contributed by atoms with van der Waals surface area (Å²) in [6.45, 7) is 1.63. The molecule has 2 aliphatic rings. The van der Waals surface area contributed by atoms with Gasteiger partial charge in [0.1, 0.15) is 0 Å². The maximum atomic E-state index is 12.9. The van der Waals surface area contributed by atoms with Gasteiger partial charge in [-0.05, 0) is 36.2 Å². The van der Waals surface area contributed by atoms with Crippen LogP contribution in [0.2, 0.25) is 0 Å². The number of carbonyl (C=O) groups is 1. The molecule has 1 unspecified atom stereocenters. The summed E-state index contributed by atoms with van der Waals surface area (Å²) in [5, 5.41) is 0.865. The molecule has 1 amide bonds. The van der Waals surface area contributed by atoms with Gasteiger partial charge in [-0.15, -0.1) is 0 Å². The molecule has 0 bridgehead atoms. The van der Waals surface area contributed by atoms with Crippen molar-refractivity contribution in [3.05, 3.63) is 53.8 Å². The van der Waals surface area contributed by atoms with E-state index in [0.717, 1.165) is 23.3 Å². The minimum absolute atomic E-state index is 0.0866. The van der Waals surface area contributed by atoms with E-state index in [-0.39, 0.29) is 18.6 Å². The van der Waals surface area contributed by atoms with Gasteiger partial charge < -0.3 is 23.5 Å². The third-order valence-electron chi connectivity index (χ3n) is 5.28. The van der Waals surface area contributed by atoms with Crippen LogP contribution in [-0.2, 0) is 0 Å². The Morgan fingerprint density at radius 3 is 2.93 bits per heavy atom. The first kappa shape index (κ1) is 16.1. The molecule has 2 aliphatic heterocycles. The van der Waals surface area contributed by atoms with Gasteiger partial charge in [0, 0.05) is 24.4 Å². The summed E-state index contributed by atoms with van der Waals surface area (Å²) < 4.78 is 22.0. The molecule has 6 nitrogen and oxygen atoms in total. The van der Waals surface area contributed by atoms with Crippen molar-refractivity contribution in [2.75, 3.05) is 27.0 Å². The van der Waals surface area contributed by atoms with Crippen LogP contribution in [0.25, 0.3) is 11.0 Å². The number of likely N-dealkylation sites (tertiary alicyclic amines) is 1. The molecule has 0 spiro atoms. The molecule has 1 saturated heterocycles. The van der Waals surface area contributed by atoms with Gasteiger partial charge in [0.2, 0.25) is 6.79 Å². The van der Waals surface area contributed by atoms with Crippen molar-refractivity contribution in [1.82, 2.24) is 4.90 Å². The summed E-state index contributed by atoms with van der Waals surface area (Å²) in [6.07, 6.45) is 0.912. The van der Waals surface area contributed by atoms with Crippen LogP contribution in [0.4, 0.5) is 0 Å². The van der Waals surface area contributed by atoms with Crippen LogP contribution in [0, 0.1) is 0 Å². The van der Waals surface area contributed by atoms with Gasteiger partial charge in [0.15, 0.2) is 28.6 Å². The van der Waals surface area contributed by atoms with E-state index in [1.165, 1.54) is 5.56 Å². The number of rotatable bonds is 3. The fourth-order valence-corrected chi connectivity index (χ4v) is 3.84. The number of furan rings is 1. The van der Waals surface area contributed by atoms with Crippen LogP contribution < -0.4 is 14.2 Å². The average molecular weight is 365 g/mol. The molecule has 0 N–H and O–H groups in total. The summed E-state index contributed by atoms with van der Waals surface area (Å²) >= 11 is 0. The van der Waals surface area contributed by atoms with Crippen molar-refractivity contribution in [2.24, 2.45) is 0 Å². The molecule has 3 aromatic rings. The molecular formula is C21H19NO5. The fourth-order valence-electron chi connectivity index (χ4n) is 3.84. The molecule has 1 atom stereocenters. The zero-order valence-corrected chi connectivity index (χ0v) is 14.9. The van der Waals surface area contributed by atoms with Crippen molar-refractivity contribution >= 4 is 16.9 Å². The number of ether oxygens (including phenoxy) is 3. The molecule has 1 aromatic heterocycles. The fraction of sp³-hybridized carbons (Fsp3) is 0.286. The van der Waals surface area contributed by atoms with E-state index in [1.807, 2.05) is 35.2 Å². The molecule has 6 heteroatoms. The molecule has 0 saturated carbocycles. The van der Waals surface area contributed by atoms with Gasteiger partial charge in [0.05, 0.1) is 7.11 Å². The van der Waals surface area contributed by atoms with Crippen LogP contribution in [0.15, 0.2) is 46.9 Å². The first-order valence-electron chi connectivity index (χ1n) is 8.98. The predicted molar refractivity (Wildman–Crippen MR) is 98.6 cm³/mol. The Balaban J connectivity index is 1.36. The molecule has 138 valence electrons. The van der Waals surface area contributed by atoms with E-state index in [2.05, 4.69) is 6.07 Å². The van der Waals surface area contributed by atoms with Gasteiger partial charge in [-0.2, -0.15) is 0 Å². The number of nitrogens with zero attached hydrogens (tertiary/aromatic N) is 1. The number of para-hydroxylation sites is 1. The first-order valence-corrected chi connectivity index (χ1v) is 8.98. The number of methoxy groups -OCH3 is 1. The second-order valence-electron chi connectivity index (χ2n) is 6.84. The summed E-state index contributed by atoms with van der Waals surface area (Å²) in [7, 11) is 1.59. The second-order valence-corrected chi connectivity index (χ2v) is 6.84. The summed E-state index contributed by atoms with van der Waals surface area (Å²) in [5.74, 6) is 2.73. The lowest BCUT2D eigenvalue weighted by molar-refractivity contribution is 0.0761. The highest BCUT2D eigenvalue weighted by Gasteiger charge is 2.30. The molecule has 1 fully saturated rings. The Morgan fingerprint density at radius 1 is 1.15 bits per heavy atom. The van der Waals surface area contributed by atoms with E-state index in [4.69, 9.17) is 18.6 Å². The second kappa shape index (κ2) is 6.23. The maximum absolute atomic E-state index is 12.9. The van der Waals surface area contributed by atoms with Crippen LogP contribution in [0.3, 0.4) is 0 Å². The van der Waals surface area contributed by atoms with Gasteiger partial charge in [-0.25, -0.2) is 0 Å². The van der Waals surface area contributed by atoms with Crippen LogP contribution in [0.1, 0.15) is 28.5 Å². The van der Waals surface area contributed by atoms with Crippen LogP contribution in [0.5, 0.6) is 17.2 Å². The van der Waals surface area contributed by atoms with E-state index >= 15 is 0 Å². The zero-order valence-electron chi connectivity index (χ0n) is 14.9. The van der Waals surface area contributed by atoms with Crippen molar-refractivity contribution in [3.8, 4) is 17.2 Å². The molecular weight excluding hydrogens is 346 g/mol. The molecule has 0 aliphatic carbocycles. The normalized spacial score (nSPS) is 18.3. The predicted octanol–water partition coefficient (Wildman–Crippen LogP) is 3.80. The highest BCUT2D eigenvalue weighted by Crippen LogP contribution is 2.37. The zero-order chi connectivity index (χ0) is 18.4. The smallest absolute Gasteiger partial charge is 0.289 e. The minimum Gasteiger partial charge on any atom is -0.493 e. The summed E-state index contributed by atoms with van der Waals surface area (Å²) in [6, 6.07) is 13.4. The number of amides is 1. The first-order chi connectivity index (χ1) is 13.2. The topological polar surface area (TPSA) is 61.1 Å². The van der Waals surface area contributed by atoms with Crippen molar-refractivity contribution in [2.45, 2.75) is 12.3 Å². The summed E-state index contributed by atoms with van der Waals surface area (Å²) in [4.78, 5) is 14.8. The van der Waals surface area contributed by atoms with Crippen molar-refractivity contribution < 1.29 is 23.4 Å². The van der Waals surface area contributed by atoms with Gasteiger partial charge in [-0.3, -0.25) is 4.79 Å². The van der Waals surface area contributed by atoms with Crippen LogP contribution in [-0.4, -0.2) is 37.8 Å². The third kappa shape index (κ3) is 2.68. The third-order valence-corrected chi connectivity index (χ3v) is 5.28. The maximum Gasteiger partial charge on any atom is 0.289 e. The monoisotopic (exact) mass is 365 g/mol. The Morgan fingerprint density at radius 2 is 2.04 bits per heavy atom. The molecule has 27 heavy (non-hydrogen) atoms. The summed E-state index contributed by atoms with van der Waals surface area (Å²) in [5.41, 5.74) is 1.77. The van der Waals surface area contributed by atoms with E-state index in [1.54, 1.807) is 13.2 Å². The van der Waals surface area contributed by atoms with E-state index in [9.17, 15) is 4.79 Å². The lowest BCUT2D eigenvalue weighted by Crippen LogP contribution is -2.28. The highest BCUT2D eigenvalue weighted by molar-refractivity contribution is 5.97. The van der Waals surface area contributed by atoms with Gasteiger partial charge in [0.25, 0.3) is 5.91 Å². The number of fused-ring (bicyclic) bond motifs is 2. The van der Waals surface area contributed by atoms with E-state index < -0.39 is 0 Å². The standard InChI is InChI=1S/C21H19NO5/c1-24-17-4-2-3-14-10-19(27-20(14)17)21(23)22-8-7-15(11-22)13-5-6-16-18(9-13)26-12-25-16/h2-6,9-10,15H,7-8,11-12H2,1H3. The molecule has 3 heterocycles. The van der Waals surface area contributed by atoms with Gasteiger partial charge >= 0.3 is 0 Å². The highest BCUT2D eigenvalue weighted by atomic mass is 16.7. The Kier molecular flexibility index (Phi) is 3.70. The number of carbonyl (C=O) groups excluding carboxylic acids is 1. The molecule has 0 radical (unpaired) electrons. The number of hydrogen-bond donors (Lipinski definition) is 0.